The number of nitrogens with one attached hydrogen (secondary N) is 2. The topological polar surface area (TPSA) is 87.7 Å². The maximum absolute atomic E-state index is 12.7. The van der Waals surface area contributed by atoms with Crippen molar-refractivity contribution in [1.29, 1.82) is 0 Å². The highest BCUT2D eigenvalue weighted by Gasteiger charge is 2.30. The maximum Gasteiger partial charge on any atom is 0.416 e. The third-order valence-corrected chi connectivity index (χ3v) is 3.55. The molecule has 9 heteroatoms. The molecular weight excluding hydrogens is 377 g/mol. The molecule has 0 spiro atoms. The van der Waals surface area contributed by atoms with Gasteiger partial charge in [0, 0.05) is 24.7 Å². The molecule has 0 fully saturated rings. The van der Waals surface area contributed by atoms with Gasteiger partial charge in [0.1, 0.15) is 18.5 Å². The van der Waals surface area contributed by atoms with Crippen LogP contribution in [0.15, 0.2) is 48.5 Å². The van der Waals surface area contributed by atoms with Crippen LogP contribution in [0.25, 0.3) is 0 Å². The largest absolute Gasteiger partial charge is 0.491 e. The molecule has 0 aliphatic rings. The second-order valence-electron chi connectivity index (χ2n) is 5.96. The Morgan fingerprint density at radius 2 is 1.86 bits per heavy atom. The van der Waals surface area contributed by atoms with E-state index < -0.39 is 23.8 Å². The summed E-state index contributed by atoms with van der Waals surface area (Å²) >= 11 is 0. The van der Waals surface area contributed by atoms with Gasteiger partial charge in [-0.2, -0.15) is 13.2 Å². The minimum atomic E-state index is -4.49. The van der Waals surface area contributed by atoms with Crippen LogP contribution in [0.3, 0.4) is 0 Å². The van der Waals surface area contributed by atoms with Gasteiger partial charge in [0.2, 0.25) is 5.91 Å². The molecule has 0 aliphatic heterocycles. The smallest absolute Gasteiger partial charge is 0.416 e. The van der Waals surface area contributed by atoms with Gasteiger partial charge in [0.25, 0.3) is 5.91 Å². The molecule has 150 valence electrons. The number of amides is 2. The van der Waals surface area contributed by atoms with E-state index in [1.54, 1.807) is 12.1 Å². The highest BCUT2D eigenvalue weighted by Crippen LogP contribution is 2.31. The predicted octanol–water partition coefficient (Wildman–Crippen LogP) is 2.83. The van der Waals surface area contributed by atoms with Crippen LogP contribution in [-0.2, 0) is 11.0 Å². The first-order chi connectivity index (χ1) is 13.1. The van der Waals surface area contributed by atoms with Gasteiger partial charge in [-0.1, -0.05) is 12.1 Å². The molecule has 0 aliphatic carbocycles. The number of aliphatic hydroxyl groups excluding tert-OH is 1. The summed E-state index contributed by atoms with van der Waals surface area (Å²) < 4.78 is 43.1. The van der Waals surface area contributed by atoms with Crippen molar-refractivity contribution in [1.82, 2.24) is 5.32 Å². The van der Waals surface area contributed by atoms with Crippen molar-refractivity contribution in [2.45, 2.75) is 19.2 Å². The van der Waals surface area contributed by atoms with Gasteiger partial charge >= 0.3 is 6.18 Å². The minimum Gasteiger partial charge on any atom is -0.491 e. The van der Waals surface area contributed by atoms with E-state index >= 15 is 0 Å². The highest BCUT2D eigenvalue weighted by molar-refractivity contribution is 5.96. The summed E-state index contributed by atoms with van der Waals surface area (Å²) in [5.41, 5.74) is -0.127. The Kier molecular flexibility index (Phi) is 7.00. The van der Waals surface area contributed by atoms with E-state index in [-0.39, 0.29) is 30.4 Å². The Hall–Kier alpha value is -3.07. The van der Waals surface area contributed by atoms with Crippen LogP contribution in [0, 0.1) is 0 Å². The molecule has 1 atom stereocenters. The number of hydrogen-bond donors (Lipinski definition) is 3. The number of carbonyl (C=O) groups excluding carboxylic acids is 2. The molecule has 0 aromatic heterocycles. The Morgan fingerprint density at radius 1 is 1.14 bits per heavy atom. The van der Waals surface area contributed by atoms with Crippen molar-refractivity contribution in [3.8, 4) is 5.75 Å². The van der Waals surface area contributed by atoms with E-state index in [1.807, 2.05) is 0 Å². The van der Waals surface area contributed by atoms with Crippen molar-refractivity contribution in [3.05, 3.63) is 59.7 Å². The highest BCUT2D eigenvalue weighted by atomic mass is 19.4. The molecule has 2 rings (SSSR count). The molecule has 3 N–H and O–H groups in total. The van der Waals surface area contributed by atoms with Gasteiger partial charge in [-0.05, 0) is 36.4 Å². The van der Waals surface area contributed by atoms with Crippen molar-refractivity contribution in [2.75, 3.05) is 18.5 Å². The van der Waals surface area contributed by atoms with Crippen LogP contribution in [0.5, 0.6) is 5.75 Å². The number of anilines is 1. The molecule has 0 saturated heterocycles. The van der Waals surface area contributed by atoms with E-state index in [0.29, 0.717) is 5.69 Å². The molecule has 2 aromatic carbocycles. The average molecular weight is 396 g/mol. The fourth-order valence-corrected chi connectivity index (χ4v) is 2.27. The number of aliphatic hydroxyl groups is 1. The first kappa shape index (κ1) is 21.2. The number of halogens is 3. The van der Waals surface area contributed by atoms with Crippen LogP contribution in [0.4, 0.5) is 18.9 Å². The second kappa shape index (κ2) is 9.23. The van der Waals surface area contributed by atoms with Gasteiger partial charge < -0.3 is 20.5 Å². The minimum absolute atomic E-state index is 0.0387. The summed E-state index contributed by atoms with van der Waals surface area (Å²) in [4.78, 5) is 23.2. The number of rotatable bonds is 7. The van der Waals surface area contributed by atoms with Crippen molar-refractivity contribution in [2.24, 2.45) is 0 Å². The summed E-state index contributed by atoms with van der Waals surface area (Å²) in [5, 5.41) is 14.9. The van der Waals surface area contributed by atoms with Crippen molar-refractivity contribution >= 4 is 17.5 Å². The zero-order valence-corrected chi connectivity index (χ0v) is 14.9. The summed E-state index contributed by atoms with van der Waals surface area (Å²) in [7, 11) is 0. The lowest BCUT2D eigenvalue weighted by atomic mass is 10.2. The molecular formula is C19H19F3N2O4. The maximum atomic E-state index is 12.7. The van der Waals surface area contributed by atoms with Gasteiger partial charge in [-0.15, -0.1) is 0 Å². The van der Waals surface area contributed by atoms with Gasteiger partial charge in [0.05, 0.1) is 5.56 Å². The van der Waals surface area contributed by atoms with E-state index in [1.165, 1.54) is 31.2 Å². The Morgan fingerprint density at radius 3 is 2.54 bits per heavy atom. The predicted molar refractivity (Wildman–Crippen MR) is 96.0 cm³/mol. The normalized spacial score (nSPS) is 12.2. The zero-order valence-electron chi connectivity index (χ0n) is 14.9. The summed E-state index contributed by atoms with van der Waals surface area (Å²) in [5.74, 6) is -0.798. The van der Waals surface area contributed by atoms with Crippen molar-refractivity contribution < 1.29 is 32.6 Å². The van der Waals surface area contributed by atoms with Gasteiger partial charge in [-0.25, -0.2) is 0 Å². The van der Waals surface area contributed by atoms with Crippen LogP contribution in [0.2, 0.25) is 0 Å². The lowest BCUT2D eigenvalue weighted by Crippen LogP contribution is -2.35. The Labute approximate surface area is 159 Å². The quantitative estimate of drug-likeness (QED) is 0.672. The third-order valence-electron chi connectivity index (χ3n) is 3.55. The van der Waals surface area contributed by atoms with Crippen LogP contribution in [0.1, 0.15) is 22.8 Å². The number of ether oxygens (including phenoxy) is 1. The molecule has 6 nitrogen and oxygen atoms in total. The number of benzene rings is 2. The number of alkyl halides is 3. The molecule has 0 bridgehead atoms. The Bertz CT molecular complexity index is 840. The summed E-state index contributed by atoms with van der Waals surface area (Å²) in [6.07, 6.45) is -5.62. The summed E-state index contributed by atoms with van der Waals surface area (Å²) in [6, 6.07) is 10.5. The standard InChI is InChI=1S/C19H19F3N2O4/c1-12(25)24-15-6-2-4-13(8-15)18(27)23-10-16(26)11-28-17-7-3-5-14(9-17)19(20,21)22/h2-9,16,26H,10-11H2,1H3,(H,23,27)(H,24,25). The first-order valence-corrected chi connectivity index (χ1v) is 8.29. The fraction of sp³-hybridized carbons (Fsp3) is 0.263. The SMILES string of the molecule is CC(=O)Nc1cccc(C(=O)NCC(O)COc2cccc(C(F)(F)F)c2)c1. The van der Waals surface area contributed by atoms with Gasteiger partial charge in [-0.3, -0.25) is 9.59 Å². The lowest BCUT2D eigenvalue weighted by Gasteiger charge is -2.14. The fourth-order valence-electron chi connectivity index (χ4n) is 2.27. The second-order valence-corrected chi connectivity index (χ2v) is 5.96. The van der Waals surface area contributed by atoms with Crippen LogP contribution in [-0.4, -0.2) is 36.2 Å². The first-order valence-electron chi connectivity index (χ1n) is 8.29. The summed E-state index contributed by atoms with van der Waals surface area (Å²) in [6.45, 7) is 0.878. The molecule has 28 heavy (non-hydrogen) atoms. The van der Waals surface area contributed by atoms with Crippen LogP contribution >= 0.6 is 0 Å². The zero-order chi connectivity index (χ0) is 20.7. The molecule has 1 unspecified atom stereocenters. The monoisotopic (exact) mass is 396 g/mol. The molecule has 2 aromatic rings. The van der Waals surface area contributed by atoms with E-state index in [0.717, 1.165) is 12.1 Å². The van der Waals surface area contributed by atoms with Crippen LogP contribution < -0.4 is 15.4 Å². The number of carbonyl (C=O) groups is 2. The van der Waals surface area contributed by atoms with E-state index in [4.69, 9.17) is 4.74 Å². The third kappa shape index (κ3) is 6.58. The lowest BCUT2D eigenvalue weighted by molar-refractivity contribution is -0.137. The Balaban J connectivity index is 1.85. The molecule has 2 amide bonds. The van der Waals surface area contributed by atoms with Crippen molar-refractivity contribution in [3.63, 3.8) is 0 Å². The van der Waals surface area contributed by atoms with E-state index in [9.17, 15) is 27.9 Å². The molecule has 0 radical (unpaired) electrons. The molecule has 0 heterocycles. The van der Waals surface area contributed by atoms with Gasteiger partial charge in [0.15, 0.2) is 0 Å². The number of hydrogen-bond acceptors (Lipinski definition) is 4. The molecule has 0 saturated carbocycles. The van der Waals surface area contributed by atoms with E-state index in [2.05, 4.69) is 10.6 Å². The average Bonchev–Trinajstić information content (AvgIpc) is 2.63.